The molecular weight excluding hydrogens is 398 g/mol. The van der Waals surface area contributed by atoms with Gasteiger partial charge in [-0.05, 0) is 73.8 Å². The molecule has 33 heavy (non-hydrogen) atoms. The molecule has 184 valence electrons. The van der Waals surface area contributed by atoms with Crippen molar-refractivity contribution in [3.05, 3.63) is 35.4 Å². The first-order chi connectivity index (χ1) is 16.2. The van der Waals surface area contributed by atoms with Gasteiger partial charge in [0.15, 0.2) is 0 Å². The topological polar surface area (TPSA) is 23.8 Å². The van der Waals surface area contributed by atoms with Crippen molar-refractivity contribution < 1.29 is 0 Å². The van der Waals surface area contributed by atoms with Crippen molar-refractivity contribution in [1.82, 2.24) is 0 Å². The largest absolute Gasteiger partial charge is 0.198 e. The van der Waals surface area contributed by atoms with Crippen LogP contribution < -0.4 is 0 Å². The Balaban J connectivity index is 1.34. The summed E-state index contributed by atoms with van der Waals surface area (Å²) in [7, 11) is 0. The summed E-state index contributed by atoms with van der Waals surface area (Å²) in [4.78, 5) is 0. The third-order valence-corrected chi connectivity index (χ3v) is 9.16. The van der Waals surface area contributed by atoms with Crippen LogP contribution in [0.25, 0.3) is 0 Å². The molecule has 0 radical (unpaired) electrons. The first-order valence-electron chi connectivity index (χ1n) is 14.7. The standard InChI is InChI=1S/C32H51N/c1-3-5-7-8-9-10-27-11-13-28(14-12-27)15-16-29-17-19-30(20-18-29)31-21-24-32(26-33,25-22-31)23-6-4-2/h17-20,27-28,31H,3-16,21-25H2,1-2H3/t27-,28-,31?,32?. The lowest BCUT2D eigenvalue weighted by Gasteiger charge is -2.35. The number of nitrogens with zero attached hydrogens (tertiary/aromatic N) is 1. The van der Waals surface area contributed by atoms with Crippen LogP contribution in [0.15, 0.2) is 24.3 Å². The van der Waals surface area contributed by atoms with Gasteiger partial charge < -0.3 is 0 Å². The second kappa shape index (κ2) is 14.2. The zero-order chi connectivity index (χ0) is 23.4. The molecule has 1 aromatic carbocycles. The predicted molar refractivity (Wildman–Crippen MR) is 142 cm³/mol. The maximum absolute atomic E-state index is 9.76. The van der Waals surface area contributed by atoms with Crippen LogP contribution in [0.4, 0.5) is 0 Å². The Hall–Kier alpha value is -1.29. The van der Waals surface area contributed by atoms with E-state index in [0.29, 0.717) is 5.92 Å². The Kier molecular flexibility index (Phi) is 11.3. The summed E-state index contributed by atoms with van der Waals surface area (Å²) < 4.78 is 0. The number of nitriles is 1. The third-order valence-electron chi connectivity index (χ3n) is 9.16. The van der Waals surface area contributed by atoms with Crippen LogP contribution in [0.5, 0.6) is 0 Å². The van der Waals surface area contributed by atoms with Crippen molar-refractivity contribution >= 4 is 0 Å². The zero-order valence-corrected chi connectivity index (χ0v) is 21.9. The summed E-state index contributed by atoms with van der Waals surface area (Å²) in [5.74, 6) is 2.65. The molecule has 3 rings (SSSR count). The van der Waals surface area contributed by atoms with E-state index in [9.17, 15) is 5.26 Å². The van der Waals surface area contributed by atoms with E-state index in [1.54, 1.807) is 0 Å². The van der Waals surface area contributed by atoms with Crippen LogP contribution in [0.3, 0.4) is 0 Å². The summed E-state index contributed by atoms with van der Waals surface area (Å²) in [6.07, 6.45) is 25.3. The van der Waals surface area contributed by atoms with Crippen LogP contribution in [0, 0.1) is 28.6 Å². The molecule has 1 nitrogen and oxygen atoms in total. The molecule has 0 amide bonds. The van der Waals surface area contributed by atoms with E-state index >= 15 is 0 Å². The van der Waals surface area contributed by atoms with Gasteiger partial charge >= 0.3 is 0 Å². The van der Waals surface area contributed by atoms with Gasteiger partial charge in [-0.3, -0.25) is 0 Å². The Morgan fingerprint density at radius 1 is 0.758 bits per heavy atom. The van der Waals surface area contributed by atoms with Crippen LogP contribution in [-0.4, -0.2) is 0 Å². The lowest BCUT2D eigenvalue weighted by Crippen LogP contribution is -2.25. The van der Waals surface area contributed by atoms with Crippen molar-refractivity contribution in [2.45, 2.75) is 142 Å². The smallest absolute Gasteiger partial charge is 0.0689 e. The van der Waals surface area contributed by atoms with Crippen molar-refractivity contribution in [3.63, 3.8) is 0 Å². The van der Waals surface area contributed by atoms with Crippen molar-refractivity contribution in [1.29, 1.82) is 5.26 Å². The molecule has 2 aliphatic rings. The van der Waals surface area contributed by atoms with Gasteiger partial charge in [-0.25, -0.2) is 0 Å². The lowest BCUT2D eigenvalue weighted by molar-refractivity contribution is 0.224. The minimum atomic E-state index is -0.0273. The second-order valence-electron chi connectivity index (χ2n) is 11.6. The van der Waals surface area contributed by atoms with E-state index in [4.69, 9.17) is 0 Å². The lowest BCUT2D eigenvalue weighted by atomic mass is 9.67. The Labute approximate surface area is 205 Å². The van der Waals surface area contributed by atoms with Crippen LogP contribution >= 0.6 is 0 Å². The van der Waals surface area contributed by atoms with Crippen LogP contribution in [-0.2, 0) is 6.42 Å². The average Bonchev–Trinajstić information content (AvgIpc) is 2.87. The highest BCUT2D eigenvalue weighted by Crippen LogP contribution is 2.45. The molecule has 0 N–H and O–H groups in total. The SMILES string of the molecule is CCCCCCC[C@H]1CC[C@H](CCc2ccc(C3CCC(C#N)(CCCC)CC3)cc2)CC1. The summed E-state index contributed by atoms with van der Waals surface area (Å²) in [5.41, 5.74) is 3.02. The van der Waals surface area contributed by atoms with Crippen LogP contribution in [0.2, 0.25) is 0 Å². The van der Waals surface area contributed by atoms with Gasteiger partial charge in [0.25, 0.3) is 0 Å². The Morgan fingerprint density at radius 3 is 1.97 bits per heavy atom. The fourth-order valence-electron chi connectivity index (χ4n) is 6.61. The molecule has 0 aliphatic heterocycles. The highest BCUT2D eigenvalue weighted by atomic mass is 14.4. The maximum Gasteiger partial charge on any atom is 0.0689 e. The number of benzene rings is 1. The van der Waals surface area contributed by atoms with E-state index in [0.717, 1.165) is 31.1 Å². The number of aryl methyl sites for hydroxylation is 1. The first kappa shape index (κ1) is 26.3. The number of rotatable bonds is 13. The highest BCUT2D eigenvalue weighted by molar-refractivity contribution is 5.26. The van der Waals surface area contributed by atoms with Gasteiger partial charge in [0, 0.05) is 0 Å². The Morgan fingerprint density at radius 2 is 1.36 bits per heavy atom. The van der Waals surface area contributed by atoms with Crippen molar-refractivity contribution in [2.24, 2.45) is 17.3 Å². The second-order valence-corrected chi connectivity index (χ2v) is 11.6. The number of hydrogen-bond donors (Lipinski definition) is 0. The van der Waals surface area contributed by atoms with Gasteiger partial charge in [-0.15, -0.1) is 0 Å². The molecule has 0 saturated heterocycles. The normalized spacial score (nSPS) is 27.8. The minimum absolute atomic E-state index is 0.0273. The molecule has 0 aromatic heterocycles. The van der Waals surface area contributed by atoms with Gasteiger partial charge in [-0.1, -0.05) is 115 Å². The third kappa shape index (κ3) is 8.46. The highest BCUT2D eigenvalue weighted by Gasteiger charge is 2.35. The van der Waals surface area contributed by atoms with Gasteiger partial charge in [-0.2, -0.15) is 5.26 Å². The maximum atomic E-state index is 9.76. The molecule has 1 heteroatoms. The first-order valence-corrected chi connectivity index (χ1v) is 14.7. The fraction of sp³-hybridized carbons (Fsp3) is 0.781. The quantitative estimate of drug-likeness (QED) is 0.275. The molecule has 2 aliphatic carbocycles. The van der Waals surface area contributed by atoms with E-state index in [1.165, 1.54) is 114 Å². The molecule has 0 bridgehead atoms. The molecule has 2 fully saturated rings. The molecule has 1 aromatic rings. The van der Waals surface area contributed by atoms with Crippen molar-refractivity contribution in [2.75, 3.05) is 0 Å². The molecule has 0 atom stereocenters. The molecule has 0 spiro atoms. The monoisotopic (exact) mass is 449 g/mol. The van der Waals surface area contributed by atoms with Gasteiger partial charge in [0.2, 0.25) is 0 Å². The predicted octanol–water partition coefficient (Wildman–Crippen LogP) is 10.1. The summed E-state index contributed by atoms with van der Waals surface area (Å²) in [5, 5.41) is 9.76. The average molecular weight is 450 g/mol. The molecule has 2 saturated carbocycles. The number of hydrogen-bond acceptors (Lipinski definition) is 1. The van der Waals surface area contributed by atoms with Gasteiger partial charge in [0.1, 0.15) is 0 Å². The number of unbranched alkanes of at least 4 members (excludes halogenated alkanes) is 5. The molecule has 0 heterocycles. The van der Waals surface area contributed by atoms with Crippen molar-refractivity contribution in [3.8, 4) is 6.07 Å². The minimum Gasteiger partial charge on any atom is -0.198 e. The van der Waals surface area contributed by atoms with E-state index < -0.39 is 0 Å². The van der Waals surface area contributed by atoms with Crippen LogP contribution in [0.1, 0.15) is 146 Å². The summed E-state index contributed by atoms with van der Waals surface area (Å²) >= 11 is 0. The zero-order valence-electron chi connectivity index (χ0n) is 21.9. The summed E-state index contributed by atoms with van der Waals surface area (Å²) in [6, 6.07) is 12.3. The fourth-order valence-corrected chi connectivity index (χ4v) is 6.61. The Bertz CT molecular complexity index is 680. The molecular formula is C32H51N. The summed E-state index contributed by atoms with van der Waals surface area (Å²) in [6.45, 7) is 4.54. The van der Waals surface area contributed by atoms with E-state index in [-0.39, 0.29) is 5.41 Å². The van der Waals surface area contributed by atoms with E-state index in [2.05, 4.69) is 44.2 Å². The molecule has 0 unspecified atom stereocenters. The van der Waals surface area contributed by atoms with Gasteiger partial charge in [0.05, 0.1) is 11.5 Å². The van der Waals surface area contributed by atoms with E-state index in [1.807, 2.05) is 0 Å².